The second-order valence-corrected chi connectivity index (χ2v) is 4.48. The second-order valence-electron chi connectivity index (χ2n) is 4.05. The van der Waals surface area contributed by atoms with Gasteiger partial charge in [0.05, 0.1) is 12.7 Å². The molecular weight excluding hydrogens is 222 g/mol. The zero-order chi connectivity index (χ0) is 11.8. The third-order valence-electron chi connectivity index (χ3n) is 2.23. The molecule has 0 saturated heterocycles. The van der Waals surface area contributed by atoms with Crippen LogP contribution in [0.3, 0.4) is 0 Å². The van der Waals surface area contributed by atoms with E-state index in [1.54, 1.807) is 0 Å². The molecule has 3 heteroatoms. The van der Waals surface area contributed by atoms with Crippen molar-refractivity contribution in [2.75, 3.05) is 19.7 Å². The highest BCUT2D eigenvalue weighted by Crippen LogP contribution is 2.09. The van der Waals surface area contributed by atoms with E-state index in [-0.39, 0.29) is 0 Å². The van der Waals surface area contributed by atoms with Gasteiger partial charge in [0.25, 0.3) is 0 Å². The van der Waals surface area contributed by atoms with Gasteiger partial charge in [0, 0.05) is 11.6 Å². The van der Waals surface area contributed by atoms with Crippen molar-refractivity contribution in [1.82, 2.24) is 5.32 Å². The number of hydrogen-bond acceptors (Lipinski definition) is 2. The summed E-state index contributed by atoms with van der Waals surface area (Å²) in [7, 11) is 0. The van der Waals surface area contributed by atoms with Crippen molar-refractivity contribution < 1.29 is 4.74 Å². The predicted molar refractivity (Wildman–Crippen MR) is 69.1 cm³/mol. The fourth-order valence-electron chi connectivity index (χ4n) is 1.38. The van der Waals surface area contributed by atoms with Crippen LogP contribution >= 0.6 is 11.6 Å². The molecule has 0 aliphatic rings. The molecule has 0 aromatic heterocycles. The first-order chi connectivity index (χ1) is 7.68. The van der Waals surface area contributed by atoms with E-state index in [0.717, 1.165) is 31.1 Å². The zero-order valence-corrected chi connectivity index (χ0v) is 10.8. The third-order valence-corrected chi connectivity index (χ3v) is 2.49. The van der Waals surface area contributed by atoms with Gasteiger partial charge in [-0.05, 0) is 44.5 Å². The summed E-state index contributed by atoms with van der Waals surface area (Å²) in [6.07, 6.45) is 1.34. The van der Waals surface area contributed by atoms with Crippen molar-refractivity contribution in [3.63, 3.8) is 0 Å². The summed E-state index contributed by atoms with van der Waals surface area (Å²) in [5.74, 6) is 0. The molecule has 0 amide bonds. The summed E-state index contributed by atoms with van der Waals surface area (Å²) < 4.78 is 5.43. The molecule has 2 nitrogen and oxygen atoms in total. The highest BCUT2D eigenvalue weighted by molar-refractivity contribution is 6.30. The first kappa shape index (κ1) is 13.5. The van der Waals surface area contributed by atoms with E-state index in [1.807, 2.05) is 26.0 Å². The fraction of sp³-hybridized carbons (Fsp3) is 0.538. The summed E-state index contributed by atoms with van der Waals surface area (Å²) in [5.41, 5.74) is 1.31. The van der Waals surface area contributed by atoms with Gasteiger partial charge in [0.1, 0.15) is 0 Å². The first-order valence-electron chi connectivity index (χ1n) is 5.75. The summed E-state index contributed by atoms with van der Waals surface area (Å²) in [4.78, 5) is 0. The van der Waals surface area contributed by atoms with Gasteiger partial charge in [-0.3, -0.25) is 0 Å². The average molecular weight is 242 g/mol. The number of nitrogens with one attached hydrogen (secondary N) is 1. The highest BCUT2D eigenvalue weighted by Gasteiger charge is 1.94. The monoisotopic (exact) mass is 241 g/mol. The Bertz CT molecular complexity index is 284. The molecule has 0 saturated carbocycles. The topological polar surface area (TPSA) is 21.3 Å². The zero-order valence-electron chi connectivity index (χ0n) is 10.0. The fourth-order valence-corrected chi connectivity index (χ4v) is 1.50. The molecule has 0 unspecified atom stereocenters. The lowest BCUT2D eigenvalue weighted by atomic mass is 10.1. The minimum atomic E-state index is 0.318. The third kappa shape index (κ3) is 6.11. The van der Waals surface area contributed by atoms with Crippen molar-refractivity contribution in [3.8, 4) is 0 Å². The van der Waals surface area contributed by atoms with Gasteiger partial charge < -0.3 is 10.1 Å². The number of halogens is 1. The van der Waals surface area contributed by atoms with E-state index in [1.165, 1.54) is 5.56 Å². The van der Waals surface area contributed by atoms with E-state index in [0.29, 0.717) is 6.10 Å². The standard InChI is InChI=1S/C13H20ClNO/c1-11(2)16-10-9-15-8-7-12-3-5-13(14)6-4-12/h3-6,11,15H,7-10H2,1-2H3. The smallest absolute Gasteiger partial charge is 0.0594 e. The molecular formula is C13H20ClNO. The maximum Gasteiger partial charge on any atom is 0.0594 e. The molecule has 0 bridgehead atoms. The van der Waals surface area contributed by atoms with Gasteiger partial charge in [0.15, 0.2) is 0 Å². The van der Waals surface area contributed by atoms with E-state index in [9.17, 15) is 0 Å². The van der Waals surface area contributed by atoms with Crippen molar-refractivity contribution in [1.29, 1.82) is 0 Å². The number of rotatable bonds is 7. The van der Waals surface area contributed by atoms with Crippen LogP contribution in [-0.2, 0) is 11.2 Å². The Morgan fingerprint density at radius 3 is 2.50 bits per heavy atom. The molecule has 1 aromatic carbocycles. The van der Waals surface area contributed by atoms with Gasteiger partial charge in [-0.2, -0.15) is 0 Å². The lowest BCUT2D eigenvalue weighted by Crippen LogP contribution is -2.23. The van der Waals surface area contributed by atoms with Crippen LogP contribution in [0.15, 0.2) is 24.3 Å². The van der Waals surface area contributed by atoms with Crippen molar-refractivity contribution in [3.05, 3.63) is 34.9 Å². The Balaban J connectivity index is 2.05. The van der Waals surface area contributed by atoms with Crippen LogP contribution in [0.4, 0.5) is 0 Å². The lowest BCUT2D eigenvalue weighted by molar-refractivity contribution is 0.0810. The maximum atomic E-state index is 5.81. The Kier molecular flexibility index (Phi) is 6.46. The molecule has 0 spiro atoms. The Morgan fingerprint density at radius 2 is 1.88 bits per heavy atom. The van der Waals surface area contributed by atoms with Crippen LogP contribution in [-0.4, -0.2) is 25.8 Å². The van der Waals surface area contributed by atoms with Crippen molar-refractivity contribution >= 4 is 11.6 Å². The normalized spacial score (nSPS) is 11.0. The molecule has 0 radical (unpaired) electrons. The van der Waals surface area contributed by atoms with Crippen LogP contribution in [0.25, 0.3) is 0 Å². The van der Waals surface area contributed by atoms with Gasteiger partial charge in [-0.15, -0.1) is 0 Å². The Labute approximate surface area is 103 Å². The SMILES string of the molecule is CC(C)OCCNCCc1ccc(Cl)cc1. The molecule has 0 aliphatic heterocycles. The number of hydrogen-bond donors (Lipinski definition) is 1. The molecule has 1 N–H and O–H groups in total. The Morgan fingerprint density at radius 1 is 1.19 bits per heavy atom. The van der Waals surface area contributed by atoms with Gasteiger partial charge in [0.2, 0.25) is 0 Å². The molecule has 90 valence electrons. The van der Waals surface area contributed by atoms with Crippen LogP contribution in [0.5, 0.6) is 0 Å². The molecule has 16 heavy (non-hydrogen) atoms. The highest BCUT2D eigenvalue weighted by atomic mass is 35.5. The molecule has 0 heterocycles. The van der Waals surface area contributed by atoms with E-state index >= 15 is 0 Å². The predicted octanol–water partition coefficient (Wildman–Crippen LogP) is 2.90. The molecule has 0 aliphatic carbocycles. The maximum absolute atomic E-state index is 5.81. The molecule has 1 aromatic rings. The van der Waals surface area contributed by atoms with E-state index in [2.05, 4.69) is 17.4 Å². The second kappa shape index (κ2) is 7.66. The largest absolute Gasteiger partial charge is 0.377 e. The summed E-state index contributed by atoms with van der Waals surface area (Å²) in [5, 5.41) is 4.14. The number of ether oxygens (including phenoxy) is 1. The van der Waals surface area contributed by atoms with Crippen molar-refractivity contribution in [2.24, 2.45) is 0 Å². The molecule has 0 atom stereocenters. The van der Waals surface area contributed by atoms with Gasteiger partial charge >= 0.3 is 0 Å². The minimum Gasteiger partial charge on any atom is -0.377 e. The number of benzene rings is 1. The van der Waals surface area contributed by atoms with E-state index < -0.39 is 0 Å². The van der Waals surface area contributed by atoms with Crippen LogP contribution < -0.4 is 5.32 Å². The summed E-state index contributed by atoms with van der Waals surface area (Å²) >= 11 is 5.81. The quantitative estimate of drug-likeness (QED) is 0.742. The summed E-state index contributed by atoms with van der Waals surface area (Å²) in [6.45, 7) is 6.76. The molecule has 0 fully saturated rings. The van der Waals surface area contributed by atoms with Gasteiger partial charge in [-0.25, -0.2) is 0 Å². The van der Waals surface area contributed by atoms with Crippen LogP contribution in [0.1, 0.15) is 19.4 Å². The van der Waals surface area contributed by atoms with E-state index in [4.69, 9.17) is 16.3 Å². The van der Waals surface area contributed by atoms with Crippen molar-refractivity contribution in [2.45, 2.75) is 26.4 Å². The minimum absolute atomic E-state index is 0.318. The van der Waals surface area contributed by atoms with Crippen LogP contribution in [0, 0.1) is 0 Å². The first-order valence-corrected chi connectivity index (χ1v) is 6.13. The average Bonchev–Trinajstić information content (AvgIpc) is 2.25. The van der Waals surface area contributed by atoms with Gasteiger partial charge in [-0.1, -0.05) is 23.7 Å². The lowest BCUT2D eigenvalue weighted by Gasteiger charge is -2.08. The molecule has 1 rings (SSSR count). The summed E-state index contributed by atoms with van der Waals surface area (Å²) in [6, 6.07) is 7.99. The van der Waals surface area contributed by atoms with Crippen LogP contribution in [0.2, 0.25) is 5.02 Å². The Hall–Kier alpha value is -0.570.